The first-order valence-electron chi connectivity index (χ1n) is 13.7. The van der Waals surface area contributed by atoms with E-state index in [0.717, 1.165) is 35.6 Å². The first-order valence-corrected chi connectivity index (χ1v) is 13.7. The molecule has 2 aliphatic heterocycles. The predicted molar refractivity (Wildman–Crippen MR) is 157 cm³/mol. The van der Waals surface area contributed by atoms with Crippen LogP contribution in [-0.4, -0.2) is 66.5 Å². The van der Waals surface area contributed by atoms with Crippen LogP contribution in [-0.2, 0) is 17.8 Å². The number of fused-ring (bicyclic) bond motifs is 2. The van der Waals surface area contributed by atoms with Crippen LogP contribution in [0, 0.1) is 11.3 Å². The number of rotatable bonds is 7. The third-order valence-electron chi connectivity index (χ3n) is 7.84. The molecule has 3 heterocycles. The van der Waals surface area contributed by atoms with E-state index in [2.05, 4.69) is 64.2 Å². The molecule has 0 saturated carbocycles. The number of amides is 2. The lowest BCUT2D eigenvalue weighted by atomic mass is 9.98. The molecular formula is C31H35N7O2. The second-order valence-electron chi connectivity index (χ2n) is 10.4. The Hall–Kier alpha value is -4.42. The maximum absolute atomic E-state index is 13.2. The van der Waals surface area contributed by atoms with E-state index in [1.54, 1.807) is 4.90 Å². The van der Waals surface area contributed by atoms with Gasteiger partial charge in [0.15, 0.2) is 0 Å². The summed E-state index contributed by atoms with van der Waals surface area (Å²) in [5.74, 6) is -0.434. The lowest BCUT2D eigenvalue weighted by Crippen LogP contribution is -2.55. The predicted octanol–water partition coefficient (Wildman–Crippen LogP) is 2.99. The third-order valence-corrected chi connectivity index (χ3v) is 7.84. The minimum atomic E-state index is -0.265. The molecule has 9 nitrogen and oxygen atoms in total. The Labute approximate surface area is 234 Å². The Morgan fingerprint density at radius 1 is 1.18 bits per heavy atom. The van der Waals surface area contributed by atoms with Crippen molar-refractivity contribution in [1.29, 1.82) is 5.26 Å². The van der Waals surface area contributed by atoms with Crippen LogP contribution in [0.3, 0.4) is 0 Å². The molecule has 9 heteroatoms. The summed E-state index contributed by atoms with van der Waals surface area (Å²) < 4.78 is 0. The SMILES string of the molecule is C=CC(=O)N1CCN(c2cc(C(=O)NC(C)CN)nc3c2CCN(c2cccc4ccccc24)C3)CC1CC#N. The number of piperazine rings is 1. The zero-order chi connectivity index (χ0) is 28.2. The monoisotopic (exact) mass is 537 g/mol. The lowest BCUT2D eigenvalue weighted by molar-refractivity contribution is -0.128. The highest BCUT2D eigenvalue weighted by atomic mass is 16.2. The Morgan fingerprint density at radius 2 is 1.98 bits per heavy atom. The van der Waals surface area contributed by atoms with Crippen molar-refractivity contribution in [2.45, 2.75) is 38.4 Å². The molecule has 1 fully saturated rings. The number of carbonyl (C=O) groups is 2. The van der Waals surface area contributed by atoms with Crippen molar-refractivity contribution in [3.05, 3.63) is 78.1 Å². The molecule has 1 saturated heterocycles. The molecule has 2 aliphatic rings. The summed E-state index contributed by atoms with van der Waals surface area (Å²) in [6.45, 7) is 8.75. The molecule has 0 spiro atoms. The van der Waals surface area contributed by atoms with Gasteiger partial charge in [0.05, 0.1) is 30.8 Å². The fourth-order valence-electron chi connectivity index (χ4n) is 5.73. The fraction of sp³-hybridized carbons (Fsp3) is 0.355. The van der Waals surface area contributed by atoms with Gasteiger partial charge in [-0.15, -0.1) is 0 Å². The fourth-order valence-corrected chi connectivity index (χ4v) is 5.73. The Morgan fingerprint density at radius 3 is 2.75 bits per heavy atom. The number of hydrogen-bond donors (Lipinski definition) is 2. The minimum absolute atomic E-state index is 0.168. The maximum Gasteiger partial charge on any atom is 0.270 e. The maximum atomic E-state index is 13.2. The van der Waals surface area contributed by atoms with E-state index in [0.29, 0.717) is 38.4 Å². The van der Waals surface area contributed by atoms with E-state index in [1.165, 1.54) is 16.8 Å². The number of hydrogen-bond acceptors (Lipinski definition) is 7. The average molecular weight is 538 g/mol. The quantitative estimate of drug-likeness (QED) is 0.445. The van der Waals surface area contributed by atoms with Crippen molar-refractivity contribution in [2.75, 3.05) is 42.5 Å². The van der Waals surface area contributed by atoms with Gasteiger partial charge in [-0.05, 0) is 36.9 Å². The first-order chi connectivity index (χ1) is 19.4. The van der Waals surface area contributed by atoms with Crippen LogP contribution in [0.4, 0.5) is 11.4 Å². The molecular weight excluding hydrogens is 502 g/mol. The minimum Gasteiger partial charge on any atom is -0.367 e. The standard InChI is InChI=1S/C31H35N7O2/c1-3-30(39)38-16-15-37(19-23(38)11-13-32)29-17-26(31(40)34-21(2)18-33)35-27-20-36(14-12-25(27)29)28-10-6-8-22-7-4-5-9-24(22)28/h3-10,17,21,23H,1,11-12,14-16,18-20,33H2,2H3,(H,34,40). The largest absolute Gasteiger partial charge is 0.367 e. The van der Waals surface area contributed by atoms with Crippen molar-refractivity contribution in [2.24, 2.45) is 5.73 Å². The smallest absolute Gasteiger partial charge is 0.270 e. The van der Waals surface area contributed by atoms with Gasteiger partial charge in [-0.1, -0.05) is 43.0 Å². The van der Waals surface area contributed by atoms with Gasteiger partial charge in [0.2, 0.25) is 5.91 Å². The molecule has 2 atom stereocenters. The molecule has 2 unspecified atom stereocenters. The van der Waals surface area contributed by atoms with E-state index in [9.17, 15) is 14.9 Å². The van der Waals surface area contributed by atoms with Gasteiger partial charge in [0.1, 0.15) is 5.69 Å². The Bertz CT molecular complexity index is 1480. The number of aromatic nitrogens is 1. The van der Waals surface area contributed by atoms with Crippen molar-refractivity contribution in [3.63, 3.8) is 0 Å². The summed E-state index contributed by atoms with van der Waals surface area (Å²) in [6, 6.07) is 18.3. The van der Waals surface area contributed by atoms with Gasteiger partial charge >= 0.3 is 0 Å². The van der Waals surface area contributed by atoms with E-state index >= 15 is 0 Å². The summed E-state index contributed by atoms with van der Waals surface area (Å²) in [6.07, 6.45) is 2.29. The number of benzene rings is 2. The van der Waals surface area contributed by atoms with E-state index < -0.39 is 0 Å². The second-order valence-corrected chi connectivity index (χ2v) is 10.4. The summed E-state index contributed by atoms with van der Waals surface area (Å²) >= 11 is 0. The molecule has 2 amide bonds. The highest BCUT2D eigenvalue weighted by Gasteiger charge is 2.33. The summed E-state index contributed by atoms with van der Waals surface area (Å²) in [7, 11) is 0. The van der Waals surface area contributed by atoms with Gasteiger partial charge in [-0.2, -0.15) is 5.26 Å². The molecule has 0 bridgehead atoms. The molecule has 1 aromatic heterocycles. The van der Waals surface area contributed by atoms with Crippen LogP contribution in [0.2, 0.25) is 0 Å². The molecule has 5 rings (SSSR count). The van der Waals surface area contributed by atoms with Gasteiger partial charge in [-0.25, -0.2) is 4.98 Å². The number of nitrogens with two attached hydrogens (primary N) is 1. The number of anilines is 2. The van der Waals surface area contributed by atoms with E-state index in [1.807, 2.05) is 19.1 Å². The topological polar surface area (TPSA) is 119 Å². The van der Waals surface area contributed by atoms with Crippen LogP contribution < -0.4 is 20.9 Å². The van der Waals surface area contributed by atoms with Crippen LogP contribution in [0.5, 0.6) is 0 Å². The average Bonchev–Trinajstić information content (AvgIpc) is 2.99. The van der Waals surface area contributed by atoms with Crippen molar-refractivity contribution >= 4 is 34.0 Å². The molecule has 2 aromatic carbocycles. The number of nitrogens with one attached hydrogen (secondary N) is 1. The molecule has 3 aromatic rings. The summed E-state index contributed by atoms with van der Waals surface area (Å²) in [5, 5.41) is 14.8. The van der Waals surface area contributed by atoms with Crippen molar-refractivity contribution in [3.8, 4) is 6.07 Å². The van der Waals surface area contributed by atoms with Crippen LogP contribution in [0.1, 0.15) is 35.1 Å². The van der Waals surface area contributed by atoms with Crippen LogP contribution in [0.25, 0.3) is 10.8 Å². The molecule has 40 heavy (non-hydrogen) atoms. The molecule has 3 N–H and O–H groups in total. The normalized spacial score (nSPS) is 17.6. The first kappa shape index (κ1) is 27.2. The number of nitriles is 1. The summed E-state index contributed by atoms with van der Waals surface area (Å²) in [5.41, 5.74) is 10.2. The van der Waals surface area contributed by atoms with E-state index in [4.69, 9.17) is 10.7 Å². The Balaban J connectivity index is 1.52. The summed E-state index contributed by atoms with van der Waals surface area (Å²) in [4.78, 5) is 36.8. The molecule has 0 aliphatic carbocycles. The van der Waals surface area contributed by atoms with Crippen molar-refractivity contribution < 1.29 is 9.59 Å². The molecule has 206 valence electrons. The van der Waals surface area contributed by atoms with Gasteiger partial charge in [-0.3, -0.25) is 9.59 Å². The number of carbonyl (C=O) groups excluding carboxylic acids is 2. The zero-order valence-electron chi connectivity index (χ0n) is 22.8. The van der Waals surface area contributed by atoms with Crippen LogP contribution in [0.15, 0.2) is 61.2 Å². The lowest BCUT2D eigenvalue weighted by Gasteiger charge is -2.43. The highest BCUT2D eigenvalue weighted by molar-refractivity contribution is 5.95. The second kappa shape index (κ2) is 11.8. The van der Waals surface area contributed by atoms with E-state index in [-0.39, 0.29) is 30.3 Å². The van der Waals surface area contributed by atoms with Gasteiger partial charge in [0.25, 0.3) is 5.91 Å². The Kier molecular flexibility index (Phi) is 7.99. The third kappa shape index (κ3) is 5.36. The van der Waals surface area contributed by atoms with Crippen molar-refractivity contribution in [1.82, 2.24) is 15.2 Å². The molecule has 0 radical (unpaired) electrons. The number of pyridine rings is 1. The van der Waals surface area contributed by atoms with Crippen LogP contribution >= 0.6 is 0 Å². The number of nitrogens with zero attached hydrogens (tertiary/aromatic N) is 5. The zero-order valence-corrected chi connectivity index (χ0v) is 22.8. The van der Waals surface area contributed by atoms with Gasteiger partial charge in [0, 0.05) is 61.1 Å². The highest BCUT2D eigenvalue weighted by Crippen LogP contribution is 2.35. The van der Waals surface area contributed by atoms with Gasteiger partial charge < -0.3 is 25.8 Å².